The summed E-state index contributed by atoms with van der Waals surface area (Å²) in [7, 11) is 0. The summed E-state index contributed by atoms with van der Waals surface area (Å²) in [5.74, 6) is 4.88. The van der Waals surface area contributed by atoms with Crippen LogP contribution in [0.3, 0.4) is 0 Å². The molecule has 11 heavy (non-hydrogen) atoms. The first-order valence-electron chi connectivity index (χ1n) is 2.82. The zero-order valence-corrected chi connectivity index (χ0v) is 6.45. The number of hydrazine groups is 1. The van der Waals surface area contributed by atoms with Crippen molar-refractivity contribution in [2.45, 2.75) is 0 Å². The number of nitrogens with two attached hydrogens (primary N) is 1. The van der Waals surface area contributed by atoms with E-state index in [4.69, 9.17) is 5.84 Å². The normalized spacial score (nSPS) is 8.09. The van der Waals surface area contributed by atoms with Gasteiger partial charge in [-0.25, -0.2) is 0 Å². The molecule has 0 saturated carbocycles. The van der Waals surface area contributed by atoms with Crippen LogP contribution in [0.4, 0.5) is 4.79 Å². The molecule has 60 valence electrons. The first-order chi connectivity index (χ1) is 4.84. The number of pyridine rings is 1. The highest BCUT2D eigenvalue weighted by molar-refractivity contribution is 5.62. The monoisotopic (exact) mass is 173 g/mol. The highest BCUT2D eigenvalue weighted by atomic mass is 35.5. The molecule has 0 aliphatic rings. The van der Waals surface area contributed by atoms with Gasteiger partial charge in [-0.3, -0.25) is 0 Å². The van der Waals surface area contributed by atoms with Gasteiger partial charge in [0.1, 0.15) is 0 Å². The maximum Gasteiger partial charge on any atom is 0.513 e. The van der Waals surface area contributed by atoms with E-state index in [1.54, 1.807) is 24.5 Å². The van der Waals surface area contributed by atoms with Crippen LogP contribution in [0.1, 0.15) is 0 Å². The van der Waals surface area contributed by atoms with Gasteiger partial charge in [-0.15, -0.1) is 0 Å². The average Bonchev–Trinajstić information content (AvgIpc) is 2.05. The Hall–Kier alpha value is -1.13. The van der Waals surface area contributed by atoms with Gasteiger partial charge in [-0.1, -0.05) is 6.07 Å². The molecule has 0 unspecified atom stereocenters. The largest absolute Gasteiger partial charge is 1.00 e. The SMILES string of the molecule is NNC(=O)[n+]1ccccc1.[Cl-]. The van der Waals surface area contributed by atoms with E-state index in [1.807, 2.05) is 11.5 Å². The standard InChI is InChI=1S/C6H7N3O.ClH/c7-8-6(10)9-4-2-1-3-5-9;/h1-5H,7H2;1H. The van der Waals surface area contributed by atoms with E-state index in [9.17, 15) is 4.79 Å². The third-order valence-electron chi connectivity index (χ3n) is 1.07. The Morgan fingerprint density at radius 3 is 2.27 bits per heavy atom. The predicted octanol–water partition coefficient (Wildman–Crippen LogP) is -3.59. The third kappa shape index (κ3) is 2.53. The fraction of sp³-hybridized carbons (Fsp3) is 0. The smallest absolute Gasteiger partial charge is 0.513 e. The van der Waals surface area contributed by atoms with E-state index in [1.165, 1.54) is 4.57 Å². The summed E-state index contributed by atoms with van der Waals surface area (Å²) in [6.07, 6.45) is 3.23. The third-order valence-corrected chi connectivity index (χ3v) is 1.07. The average molecular weight is 174 g/mol. The first kappa shape index (κ1) is 9.87. The molecule has 3 N–H and O–H groups in total. The van der Waals surface area contributed by atoms with E-state index in [0.29, 0.717) is 0 Å². The van der Waals surface area contributed by atoms with Crippen LogP contribution in [0.2, 0.25) is 0 Å². The number of halogens is 1. The number of carbonyl (C=O) groups excluding carboxylic acids is 1. The van der Waals surface area contributed by atoms with Crippen LogP contribution >= 0.6 is 0 Å². The molecule has 0 aliphatic carbocycles. The molecule has 0 saturated heterocycles. The van der Waals surface area contributed by atoms with Crippen LogP contribution in [0, 0.1) is 0 Å². The van der Waals surface area contributed by atoms with Crippen LogP contribution < -0.4 is 28.2 Å². The lowest BCUT2D eigenvalue weighted by molar-refractivity contribution is -0.572. The summed E-state index contributed by atoms with van der Waals surface area (Å²) < 4.78 is 1.35. The summed E-state index contributed by atoms with van der Waals surface area (Å²) in [5, 5.41) is 0. The Morgan fingerprint density at radius 1 is 1.27 bits per heavy atom. The molecule has 4 nitrogen and oxygen atoms in total. The predicted molar refractivity (Wildman–Crippen MR) is 34.8 cm³/mol. The lowest BCUT2D eigenvalue weighted by Gasteiger charge is -1.90. The van der Waals surface area contributed by atoms with Gasteiger partial charge >= 0.3 is 6.03 Å². The molecular formula is C6H8ClN3O. The van der Waals surface area contributed by atoms with Gasteiger partial charge in [0, 0.05) is 0 Å². The van der Waals surface area contributed by atoms with E-state index >= 15 is 0 Å². The molecule has 1 heterocycles. The number of hydrogen-bond donors (Lipinski definition) is 2. The van der Waals surface area contributed by atoms with Gasteiger partial charge in [-0.05, 0) is 12.1 Å². The van der Waals surface area contributed by atoms with Crippen molar-refractivity contribution in [3.05, 3.63) is 30.6 Å². The zero-order chi connectivity index (χ0) is 7.40. The van der Waals surface area contributed by atoms with Crippen LogP contribution in [-0.2, 0) is 0 Å². The summed E-state index contributed by atoms with van der Waals surface area (Å²) in [5.41, 5.74) is 2.01. The topological polar surface area (TPSA) is 59.0 Å². The molecule has 0 radical (unpaired) electrons. The maximum absolute atomic E-state index is 10.7. The number of rotatable bonds is 0. The van der Waals surface area contributed by atoms with Gasteiger partial charge in [0.25, 0.3) is 0 Å². The minimum Gasteiger partial charge on any atom is -1.00 e. The highest BCUT2D eigenvalue weighted by Crippen LogP contribution is 1.74. The zero-order valence-electron chi connectivity index (χ0n) is 5.70. The molecule has 0 aromatic carbocycles. The highest BCUT2D eigenvalue weighted by Gasteiger charge is 2.06. The molecule has 0 spiro atoms. The summed E-state index contributed by atoms with van der Waals surface area (Å²) in [6, 6.07) is 4.96. The number of amides is 1. The van der Waals surface area contributed by atoms with Gasteiger partial charge in [0.15, 0.2) is 0 Å². The van der Waals surface area contributed by atoms with E-state index in [2.05, 4.69) is 0 Å². The van der Waals surface area contributed by atoms with Crippen LogP contribution in [0.5, 0.6) is 0 Å². The Kier molecular flexibility index (Phi) is 4.17. The second kappa shape index (κ2) is 4.65. The van der Waals surface area contributed by atoms with Crippen molar-refractivity contribution in [2.24, 2.45) is 5.84 Å². The fourth-order valence-electron chi connectivity index (χ4n) is 0.609. The minimum atomic E-state index is -0.347. The molecule has 1 rings (SSSR count). The van der Waals surface area contributed by atoms with E-state index in [0.717, 1.165) is 0 Å². The quantitative estimate of drug-likeness (QED) is 0.184. The lowest BCUT2D eigenvalue weighted by Crippen LogP contribution is -3.00. The summed E-state index contributed by atoms with van der Waals surface area (Å²) >= 11 is 0. The Labute approximate surface area is 70.4 Å². The van der Waals surface area contributed by atoms with Crippen molar-refractivity contribution in [1.82, 2.24) is 5.43 Å². The molecule has 0 fully saturated rings. The molecule has 5 heteroatoms. The molecule has 0 bridgehead atoms. The molecule has 0 aliphatic heterocycles. The van der Waals surface area contributed by atoms with Crippen molar-refractivity contribution in [3.8, 4) is 0 Å². The molecule has 1 amide bonds. The van der Waals surface area contributed by atoms with Gasteiger partial charge < -0.3 is 12.4 Å². The molecular weight excluding hydrogens is 166 g/mol. The molecule has 1 aromatic heterocycles. The number of hydrogen-bond acceptors (Lipinski definition) is 2. The van der Waals surface area contributed by atoms with Crippen molar-refractivity contribution in [1.29, 1.82) is 0 Å². The van der Waals surface area contributed by atoms with Crippen molar-refractivity contribution < 1.29 is 21.8 Å². The first-order valence-corrected chi connectivity index (χ1v) is 2.82. The van der Waals surface area contributed by atoms with Gasteiger partial charge in [0.05, 0.1) is 12.4 Å². The van der Waals surface area contributed by atoms with Crippen molar-refractivity contribution in [3.63, 3.8) is 0 Å². The van der Waals surface area contributed by atoms with Crippen LogP contribution in [0.15, 0.2) is 30.6 Å². The Bertz CT molecular complexity index is 227. The Morgan fingerprint density at radius 2 is 1.82 bits per heavy atom. The second-order valence-corrected chi connectivity index (χ2v) is 1.73. The number of nitrogens with zero attached hydrogens (tertiary/aromatic N) is 1. The van der Waals surface area contributed by atoms with E-state index in [-0.39, 0.29) is 18.4 Å². The summed E-state index contributed by atoms with van der Waals surface area (Å²) in [6.45, 7) is 0. The van der Waals surface area contributed by atoms with Crippen molar-refractivity contribution in [2.75, 3.05) is 0 Å². The molecule has 1 aromatic rings. The van der Waals surface area contributed by atoms with Crippen molar-refractivity contribution >= 4 is 6.03 Å². The second-order valence-electron chi connectivity index (χ2n) is 1.73. The number of carbonyl (C=O) groups is 1. The Balaban J connectivity index is 0.000001000. The lowest BCUT2D eigenvalue weighted by atomic mass is 10.5. The molecule has 0 atom stereocenters. The number of aromatic nitrogens is 1. The maximum atomic E-state index is 10.7. The number of nitrogens with one attached hydrogen (secondary N) is 1. The fourth-order valence-corrected chi connectivity index (χ4v) is 0.609. The van der Waals surface area contributed by atoms with Crippen LogP contribution in [0.25, 0.3) is 0 Å². The van der Waals surface area contributed by atoms with Crippen LogP contribution in [-0.4, -0.2) is 6.03 Å². The van der Waals surface area contributed by atoms with Gasteiger partial charge in [0.2, 0.25) is 0 Å². The summed E-state index contributed by atoms with van der Waals surface area (Å²) in [4.78, 5) is 10.7. The minimum absolute atomic E-state index is 0. The number of nitrogen functional groups attached to an aromatic ring is 1. The van der Waals surface area contributed by atoms with Gasteiger partial charge in [-0.2, -0.15) is 20.6 Å². The van der Waals surface area contributed by atoms with E-state index < -0.39 is 0 Å².